The summed E-state index contributed by atoms with van der Waals surface area (Å²) in [6, 6.07) is 0.0163. The third-order valence-corrected chi connectivity index (χ3v) is 3.72. The van der Waals surface area contributed by atoms with Gasteiger partial charge < -0.3 is 5.32 Å². The lowest BCUT2D eigenvalue weighted by molar-refractivity contribution is 0.234. The summed E-state index contributed by atoms with van der Waals surface area (Å²) >= 11 is 2.87. The Bertz CT molecular complexity index is 972. The fourth-order valence-corrected chi connectivity index (χ4v) is 2.22. The van der Waals surface area contributed by atoms with E-state index >= 15 is 0 Å². The van der Waals surface area contributed by atoms with E-state index in [2.05, 4.69) is 41.2 Å². The molecule has 0 amide bonds. The summed E-state index contributed by atoms with van der Waals surface area (Å²) < 4.78 is 57.1. The van der Waals surface area contributed by atoms with Crippen molar-refractivity contribution in [2.24, 2.45) is 10.1 Å². The van der Waals surface area contributed by atoms with Crippen LogP contribution in [0.5, 0.6) is 0 Å². The largest absolute Gasteiger partial charge is 0.364 e. The van der Waals surface area contributed by atoms with E-state index in [9.17, 15) is 18.0 Å². The fourth-order valence-electron chi connectivity index (χ4n) is 1.53. The van der Waals surface area contributed by atoms with Crippen LogP contribution in [-0.4, -0.2) is 42.9 Å². The van der Waals surface area contributed by atoms with Crippen LogP contribution in [0.15, 0.2) is 32.2 Å². The molecule has 0 fully saturated rings. The molecular formula is C11H13BrFN7O4S. The van der Waals surface area contributed by atoms with Crippen molar-refractivity contribution >= 4 is 43.5 Å². The van der Waals surface area contributed by atoms with Crippen molar-refractivity contribution in [2.75, 3.05) is 18.4 Å². The van der Waals surface area contributed by atoms with Crippen molar-refractivity contribution < 1.29 is 25.4 Å². The van der Waals surface area contributed by atoms with E-state index in [0.717, 1.165) is 6.07 Å². The molecule has 0 saturated carbocycles. The first-order chi connectivity index (χ1) is 12.6. The molecular weight excluding hydrogens is 425 g/mol. The lowest BCUT2D eigenvalue weighted by Gasteiger charge is -2.06. The highest BCUT2D eigenvalue weighted by Crippen LogP contribution is 2.23. The third kappa shape index (κ3) is 5.71. The Labute approximate surface area is 152 Å². The number of hydrogen-bond acceptors (Lipinski definition) is 8. The zero-order chi connectivity index (χ0) is 20.2. The van der Waals surface area contributed by atoms with Gasteiger partial charge in [0.25, 0.3) is 10.2 Å². The van der Waals surface area contributed by atoms with Crippen molar-refractivity contribution in [2.45, 2.75) is 0 Å². The first-order valence-electron chi connectivity index (χ1n) is 7.42. The van der Waals surface area contributed by atoms with Gasteiger partial charge >= 0.3 is 0 Å². The second-order valence-corrected chi connectivity index (χ2v) is 6.50. The number of rotatable bonds is 7. The second-order valence-electron chi connectivity index (χ2n) is 4.32. The highest BCUT2D eigenvalue weighted by atomic mass is 79.9. The van der Waals surface area contributed by atoms with Crippen LogP contribution >= 0.6 is 15.9 Å². The van der Waals surface area contributed by atoms with Gasteiger partial charge in [0.1, 0.15) is 5.82 Å². The smallest absolute Gasteiger partial charge is 0.274 e. The fraction of sp³-hybridized carbons (Fsp3) is 0.182. The van der Waals surface area contributed by atoms with Gasteiger partial charge in [-0.3, -0.25) is 10.7 Å². The maximum absolute atomic E-state index is 13.5. The molecule has 0 atom stereocenters. The molecule has 0 aliphatic heterocycles. The summed E-state index contributed by atoms with van der Waals surface area (Å²) in [5, 5.41) is 23.9. The van der Waals surface area contributed by atoms with Crippen LogP contribution in [0.2, 0.25) is 0 Å². The van der Waals surface area contributed by atoms with E-state index in [1.807, 2.05) is 4.72 Å². The van der Waals surface area contributed by atoms with Crippen LogP contribution in [0.3, 0.4) is 0 Å². The number of nitrogens with zero attached hydrogens (tertiary/aromatic N) is 3. The van der Waals surface area contributed by atoms with Gasteiger partial charge in [-0.1, -0.05) is 0 Å². The van der Waals surface area contributed by atoms with Crippen molar-refractivity contribution in [3.63, 3.8) is 0 Å². The number of nitrogens with one attached hydrogen (secondary N) is 3. The Balaban J connectivity index is 2.28. The molecule has 0 aliphatic carbocycles. The molecule has 0 radical (unpaired) electrons. The minimum atomic E-state index is -3.86. The van der Waals surface area contributed by atoms with Gasteiger partial charge in [0.05, 0.1) is 12.9 Å². The van der Waals surface area contributed by atoms with Gasteiger partial charge in [-0.2, -0.15) is 8.42 Å². The molecule has 1 aromatic heterocycles. The molecule has 0 saturated heterocycles. The molecule has 11 nitrogen and oxygen atoms in total. The first-order valence-corrected chi connectivity index (χ1v) is 8.76. The number of aliphatic imine (C=N–C) groups is 1. The average Bonchev–Trinajstić information content (AvgIpc) is 3.04. The van der Waals surface area contributed by atoms with Crippen LogP contribution in [0.1, 0.15) is 8.44 Å². The Morgan fingerprint density at radius 2 is 2.28 bits per heavy atom. The summed E-state index contributed by atoms with van der Waals surface area (Å²) in [6.45, 7) is -0.0470. The third-order valence-electron chi connectivity index (χ3n) is 2.54. The normalized spacial score (nSPS) is 13.4. The Kier molecular flexibility index (Phi) is 5.43. The van der Waals surface area contributed by atoms with Crippen molar-refractivity contribution in [3.05, 3.63) is 34.1 Å². The number of hydroxylamine groups is 1. The van der Waals surface area contributed by atoms with Crippen molar-refractivity contribution in [3.8, 4) is 0 Å². The molecule has 0 aliphatic rings. The first kappa shape index (κ1) is 16.3. The van der Waals surface area contributed by atoms with E-state index in [1.165, 1.54) is 0 Å². The van der Waals surface area contributed by atoms with Crippen molar-refractivity contribution in [1.82, 2.24) is 20.5 Å². The lowest BCUT2D eigenvalue weighted by atomic mass is 10.3. The van der Waals surface area contributed by atoms with Gasteiger partial charge in [0, 0.05) is 13.1 Å². The predicted molar refractivity (Wildman–Crippen MR) is 89.1 cm³/mol. The van der Waals surface area contributed by atoms with Crippen LogP contribution < -0.4 is 20.7 Å². The molecule has 2 rings (SSSR count). The SMILES string of the molecule is [2H]c1cc(F)c(Br)c([2H])c1N=C(NO)c1nonc1NCCNS(N)(=O)=O. The Morgan fingerprint density at radius 1 is 1.52 bits per heavy atom. The zero-order valence-corrected chi connectivity index (χ0v) is 14.6. The zero-order valence-electron chi connectivity index (χ0n) is 14.2. The summed E-state index contributed by atoms with van der Waals surface area (Å²) in [5.74, 6) is -1.18. The molecule has 2 aromatic rings. The van der Waals surface area contributed by atoms with Crippen LogP contribution in [-0.2, 0) is 10.2 Å². The number of aromatic nitrogens is 2. The molecule has 14 heteroatoms. The number of benzene rings is 1. The highest BCUT2D eigenvalue weighted by Gasteiger charge is 2.16. The maximum Gasteiger partial charge on any atom is 0.274 e. The number of halogens is 2. The second kappa shape index (κ2) is 8.30. The summed E-state index contributed by atoms with van der Waals surface area (Å²) in [5.41, 5.74) is 1.35. The van der Waals surface area contributed by atoms with Gasteiger partial charge in [-0.25, -0.2) is 23.9 Å². The minimum Gasteiger partial charge on any atom is -0.364 e. The molecule has 6 N–H and O–H groups in total. The van der Waals surface area contributed by atoms with Gasteiger partial charge in [-0.05, 0) is 44.4 Å². The molecule has 0 spiro atoms. The summed E-state index contributed by atoms with van der Waals surface area (Å²) in [4.78, 5) is 3.90. The van der Waals surface area contributed by atoms with Gasteiger partial charge in [0.2, 0.25) is 5.82 Å². The van der Waals surface area contributed by atoms with Crippen LogP contribution in [0.4, 0.5) is 15.9 Å². The lowest BCUT2D eigenvalue weighted by Crippen LogP contribution is -2.34. The number of hydrogen-bond donors (Lipinski definition) is 5. The van der Waals surface area contributed by atoms with Gasteiger partial charge in [-0.15, -0.1) is 0 Å². The topological polar surface area (TPSA) is 168 Å². The molecule has 1 aromatic carbocycles. The van der Waals surface area contributed by atoms with Crippen LogP contribution in [0, 0.1) is 5.82 Å². The monoisotopic (exact) mass is 439 g/mol. The van der Waals surface area contributed by atoms with Crippen LogP contribution in [0.25, 0.3) is 0 Å². The number of nitrogens with two attached hydrogens (primary N) is 1. The van der Waals surface area contributed by atoms with Gasteiger partial charge in [0.15, 0.2) is 11.5 Å². The van der Waals surface area contributed by atoms with E-state index in [1.54, 1.807) is 5.48 Å². The Morgan fingerprint density at radius 3 is 2.96 bits per heavy atom. The van der Waals surface area contributed by atoms with E-state index in [4.69, 9.17) is 7.88 Å². The number of anilines is 1. The summed E-state index contributed by atoms with van der Waals surface area (Å²) in [7, 11) is -3.86. The predicted octanol–water partition coefficient (Wildman–Crippen LogP) is 0.233. The molecule has 136 valence electrons. The highest BCUT2D eigenvalue weighted by molar-refractivity contribution is 9.10. The summed E-state index contributed by atoms with van der Waals surface area (Å²) in [6.07, 6.45) is 0. The Hall–Kier alpha value is -2.13. The molecule has 1 heterocycles. The minimum absolute atomic E-state index is 0.0224. The standard InChI is InChI=1S/C11H13BrFN7O4S/c12-7-5-6(1-2-8(7)13)17-11(18-21)9-10(20-24-19-9)15-3-4-16-25(14,22)23/h1-2,5,16,21H,3-4H2,(H,15,20)(H,17,18)(H2,14,22,23)/i1D,5D. The quantitative estimate of drug-likeness (QED) is 0.177. The maximum atomic E-state index is 13.5. The number of amidine groups is 1. The van der Waals surface area contributed by atoms with E-state index < -0.39 is 28.1 Å². The van der Waals surface area contributed by atoms with Crippen molar-refractivity contribution in [1.29, 1.82) is 0 Å². The molecule has 0 unspecified atom stereocenters. The van der Waals surface area contributed by atoms with E-state index in [-0.39, 0.29) is 40.6 Å². The molecule has 0 bridgehead atoms. The molecule has 25 heavy (non-hydrogen) atoms. The average molecular weight is 440 g/mol. The van der Waals surface area contributed by atoms with E-state index in [0.29, 0.717) is 0 Å².